The zero-order valence-electron chi connectivity index (χ0n) is 15.7. The van der Waals surface area contributed by atoms with Crippen LogP contribution in [0.15, 0.2) is 28.8 Å². The fourth-order valence-corrected chi connectivity index (χ4v) is 3.44. The number of benzene rings is 1. The van der Waals surface area contributed by atoms with Gasteiger partial charge in [-0.3, -0.25) is 14.6 Å². The van der Waals surface area contributed by atoms with E-state index >= 15 is 0 Å². The molecule has 8 nitrogen and oxygen atoms in total. The van der Waals surface area contributed by atoms with E-state index in [0.29, 0.717) is 51.1 Å². The third kappa shape index (κ3) is 4.73. The maximum absolute atomic E-state index is 13.0. The lowest BCUT2D eigenvalue weighted by atomic mass is 10.2. The minimum absolute atomic E-state index is 0.178. The van der Waals surface area contributed by atoms with Crippen molar-refractivity contribution in [2.75, 3.05) is 59.0 Å². The Morgan fingerprint density at radius 3 is 2.39 bits per heavy atom. The SMILES string of the molecule is O=C(CN1CCN(Cc2nc(-c3ccc(F)cc3)no2)CC1)N1CCOCC1. The molecular formula is C19H24FN5O3. The van der Waals surface area contributed by atoms with Gasteiger partial charge in [-0.15, -0.1) is 0 Å². The van der Waals surface area contributed by atoms with Crippen LogP contribution in [0.4, 0.5) is 4.39 Å². The maximum Gasteiger partial charge on any atom is 0.241 e. The van der Waals surface area contributed by atoms with Crippen molar-refractivity contribution in [1.82, 2.24) is 24.8 Å². The molecule has 0 unspecified atom stereocenters. The lowest BCUT2D eigenvalue weighted by Crippen LogP contribution is -2.51. The van der Waals surface area contributed by atoms with Gasteiger partial charge in [-0.1, -0.05) is 5.16 Å². The molecule has 150 valence electrons. The Balaban J connectivity index is 1.24. The molecule has 1 aromatic heterocycles. The molecule has 2 aromatic rings. The first-order valence-electron chi connectivity index (χ1n) is 9.56. The van der Waals surface area contributed by atoms with Gasteiger partial charge in [0, 0.05) is 44.8 Å². The topological polar surface area (TPSA) is 74.9 Å². The standard InChI is InChI=1S/C19H24FN5O3/c20-16-3-1-15(2-4-16)19-21-17(28-22-19)13-23-5-7-24(8-6-23)14-18(26)25-9-11-27-12-10-25/h1-4H,5-14H2. The summed E-state index contributed by atoms with van der Waals surface area (Å²) in [5, 5.41) is 3.98. The fraction of sp³-hybridized carbons (Fsp3) is 0.526. The highest BCUT2D eigenvalue weighted by Crippen LogP contribution is 2.17. The Hall–Kier alpha value is -2.36. The Morgan fingerprint density at radius 2 is 1.68 bits per heavy atom. The van der Waals surface area contributed by atoms with E-state index in [1.807, 2.05) is 4.90 Å². The van der Waals surface area contributed by atoms with Crippen LogP contribution in [-0.4, -0.2) is 89.8 Å². The predicted molar refractivity (Wildman–Crippen MR) is 98.8 cm³/mol. The summed E-state index contributed by atoms with van der Waals surface area (Å²) in [7, 11) is 0. The average molecular weight is 389 g/mol. The molecule has 0 N–H and O–H groups in total. The number of carbonyl (C=O) groups is 1. The van der Waals surface area contributed by atoms with Gasteiger partial charge in [0.1, 0.15) is 5.82 Å². The number of halogens is 1. The van der Waals surface area contributed by atoms with Gasteiger partial charge < -0.3 is 14.2 Å². The van der Waals surface area contributed by atoms with Gasteiger partial charge in [0.25, 0.3) is 0 Å². The quantitative estimate of drug-likeness (QED) is 0.751. The molecule has 2 fully saturated rings. The monoisotopic (exact) mass is 389 g/mol. The molecular weight excluding hydrogens is 365 g/mol. The van der Waals surface area contributed by atoms with Crippen LogP contribution in [-0.2, 0) is 16.1 Å². The Morgan fingerprint density at radius 1 is 1.00 bits per heavy atom. The van der Waals surface area contributed by atoms with E-state index in [0.717, 1.165) is 31.7 Å². The van der Waals surface area contributed by atoms with Crippen molar-refractivity contribution < 1.29 is 18.4 Å². The molecule has 0 atom stereocenters. The number of rotatable bonds is 5. The van der Waals surface area contributed by atoms with Crippen molar-refractivity contribution in [3.8, 4) is 11.4 Å². The second-order valence-electron chi connectivity index (χ2n) is 7.06. The molecule has 2 saturated heterocycles. The van der Waals surface area contributed by atoms with Crippen LogP contribution < -0.4 is 0 Å². The van der Waals surface area contributed by atoms with Crippen molar-refractivity contribution in [3.05, 3.63) is 36.0 Å². The van der Waals surface area contributed by atoms with Crippen molar-refractivity contribution >= 4 is 5.91 Å². The van der Waals surface area contributed by atoms with Crippen molar-refractivity contribution in [2.24, 2.45) is 0 Å². The predicted octanol–water partition coefficient (Wildman–Crippen LogP) is 0.852. The Labute approximate surface area is 162 Å². The molecule has 0 spiro atoms. The number of ether oxygens (including phenoxy) is 1. The van der Waals surface area contributed by atoms with Crippen LogP contribution in [0.1, 0.15) is 5.89 Å². The fourth-order valence-electron chi connectivity index (χ4n) is 3.44. The van der Waals surface area contributed by atoms with Gasteiger partial charge in [-0.2, -0.15) is 4.98 Å². The summed E-state index contributed by atoms with van der Waals surface area (Å²) in [5.41, 5.74) is 0.725. The highest BCUT2D eigenvalue weighted by molar-refractivity contribution is 5.78. The number of aromatic nitrogens is 2. The van der Waals surface area contributed by atoms with Crippen molar-refractivity contribution in [1.29, 1.82) is 0 Å². The van der Waals surface area contributed by atoms with Crippen LogP contribution in [0.2, 0.25) is 0 Å². The number of nitrogens with zero attached hydrogens (tertiary/aromatic N) is 5. The normalized spacial score (nSPS) is 19.1. The summed E-state index contributed by atoms with van der Waals surface area (Å²) in [4.78, 5) is 23.1. The summed E-state index contributed by atoms with van der Waals surface area (Å²) in [6.07, 6.45) is 0. The van der Waals surface area contributed by atoms with Gasteiger partial charge in [-0.25, -0.2) is 4.39 Å². The molecule has 4 rings (SSSR count). The molecule has 0 saturated carbocycles. The summed E-state index contributed by atoms with van der Waals surface area (Å²) < 4.78 is 23.7. The number of hydrogen-bond acceptors (Lipinski definition) is 7. The van der Waals surface area contributed by atoms with Gasteiger partial charge in [0.05, 0.1) is 26.3 Å². The van der Waals surface area contributed by atoms with Gasteiger partial charge in [-0.05, 0) is 24.3 Å². The molecule has 0 aliphatic carbocycles. The van der Waals surface area contributed by atoms with Crippen LogP contribution in [0.25, 0.3) is 11.4 Å². The third-order valence-corrected chi connectivity index (χ3v) is 5.12. The van der Waals surface area contributed by atoms with E-state index in [-0.39, 0.29) is 11.7 Å². The molecule has 2 aliphatic heterocycles. The number of amides is 1. The summed E-state index contributed by atoms with van der Waals surface area (Å²) in [5.74, 6) is 0.886. The summed E-state index contributed by atoms with van der Waals surface area (Å²) in [6.45, 7) is 6.99. The van der Waals surface area contributed by atoms with Crippen LogP contribution in [0.3, 0.4) is 0 Å². The zero-order chi connectivity index (χ0) is 19.3. The zero-order valence-corrected chi connectivity index (χ0v) is 15.7. The molecule has 9 heteroatoms. The highest BCUT2D eigenvalue weighted by atomic mass is 19.1. The van der Waals surface area contributed by atoms with Gasteiger partial charge in [0.2, 0.25) is 17.6 Å². The number of carbonyl (C=O) groups excluding carboxylic acids is 1. The molecule has 3 heterocycles. The van der Waals surface area contributed by atoms with Crippen LogP contribution in [0, 0.1) is 5.82 Å². The maximum atomic E-state index is 13.0. The first kappa shape index (κ1) is 19.0. The second kappa shape index (κ2) is 8.76. The van der Waals surface area contributed by atoms with Crippen LogP contribution >= 0.6 is 0 Å². The summed E-state index contributed by atoms with van der Waals surface area (Å²) >= 11 is 0. The number of piperazine rings is 1. The molecule has 0 bridgehead atoms. The first-order chi connectivity index (χ1) is 13.7. The molecule has 1 amide bonds. The lowest BCUT2D eigenvalue weighted by Gasteiger charge is -2.35. The smallest absolute Gasteiger partial charge is 0.241 e. The summed E-state index contributed by atoms with van der Waals surface area (Å²) in [6, 6.07) is 6.02. The van der Waals surface area contributed by atoms with E-state index < -0.39 is 0 Å². The van der Waals surface area contributed by atoms with Gasteiger partial charge >= 0.3 is 0 Å². The molecule has 0 radical (unpaired) electrons. The number of morpholine rings is 1. The van der Waals surface area contributed by atoms with E-state index in [1.165, 1.54) is 12.1 Å². The minimum Gasteiger partial charge on any atom is -0.378 e. The van der Waals surface area contributed by atoms with Crippen molar-refractivity contribution in [2.45, 2.75) is 6.54 Å². The van der Waals surface area contributed by atoms with E-state index in [4.69, 9.17) is 9.26 Å². The minimum atomic E-state index is -0.294. The molecule has 1 aromatic carbocycles. The molecule has 28 heavy (non-hydrogen) atoms. The molecule has 2 aliphatic rings. The van der Waals surface area contributed by atoms with E-state index in [9.17, 15) is 9.18 Å². The van der Waals surface area contributed by atoms with E-state index in [2.05, 4.69) is 19.9 Å². The Kier molecular flexibility index (Phi) is 5.94. The van der Waals surface area contributed by atoms with Crippen LogP contribution in [0.5, 0.6) is 0 Å². The number of hydrogen-bond donors (Lipinski definition) is 0. The van der Waals surface area contributed by atoms with E-state index in [1.54, 1.807) is 12.1 Å². The van der Waals surface area contributed by atoms with Crippen molar-refractivity contribution in [3.63, 3.8) is 0 Å². The largest absolute Gasteiger partial charge is 0.378 e. The second-order valence-corrected chi connectivity index (χ2v) is 7.06. The van der Waals surface area contributed by atoms with Gasteiger partial charge in [0.15, 0.2) is 0 Å². The first-order valence-corrected chi connectivity index (χ1v) is 9.56. The third-order valence-electron chi connectivity index (χ3n) is 5.12. The Bertz CT molecular complexity index is 783. The highest BCUT2D eigenvalue weighted by Gasteiger charge is 2.24. The average Bonchev–Trinajstić information content (AvgIpc) is 3.19. The lowest BCUT2D eigenvalue weighted by molar-refractivity contribution is -0.136.